The van der Waals surface area contributed by atoms with Crippen LogP contribution in [0.1, 0.15) is 30.1 Å². The van der Waals surface area contributed by atoms with Gasteiger partial charge in [0.15, 0.2) is 0 Å². The zero-order chi connectivity index (χ0) is 17.4. The first-order valence-corrected chi connectivity index (χ1v) is 8.02. The molecule has 0 radical (unpaired) electrons. The van der Waals surface area contributed by atoms with Crippen LogP contribution in [-0.2, 0) is 19.1 Å². The highest BCUT2D eigenvalue weighted by Gasteiger charge is 2.17. The van der Waals surface area contributed by atoms with Gasteiger partial charge in [-0.25, -0.2) is 4.79 Å². The summed E-state index contributed by atoms with van der Waals surface area (Å²) in [6, 6.07) is 6.53. The topological polar surface area (TPSA) is 84.9 Å². The summed E-state index contributed by atoms with van der Waals surface area (Å²) in [7, 11) is 0. The molecule has 1 N–H and O–H groups in total. The van der Waals surface area contributed by atoms with Crippen LogP contribution < -0.4 is 5.32 Å². The molecule has 0 saturated carbocycles. The van der Waals surface area contributed by atoms with Gasteiger partial charge in [-0.15, -0.1) is 0 Å². The third kappa shape index (κ3) is 5.34. The first-order valence-electron chi connectivity index (χ1n) is 8.02. The van der Waals surface area contributed by atoms with Gasteiger partial charge in [-0.3, -0.25) is 9.59 Å². The van der Waals surface area contributed by atoms with Crippen molar-refractivity contribution in [1.82, 2.24) is 4.90 Å². The molecule has 1 aliphatic rings. The first kappa shape index (κ1) is 17.9. The lowest BCUT2D eigenvalue weighted by Crippen LogP contribution is -2.40. The van der Waals surface area contributed by atoms with Crippen LogP contribution in [0.15, 0.2) is 24.3 Å². The molecule has 7 heteroatoms. The summed E-state index contributed by atoms with van der Waals surface area (Å²) in [6.07, 6.45) is 0.253. The molecule has 1 aromatic carbocycles. The molecule has 1 aromatic rings. The summed E-state index contributed by atoms with van der Waals surface area (Å²) in [5.74, 6) is -0.748. The average molecular weight is 334 g/mol. The van der Waals surface area contributed by atoms with E-state index in [1.165, 1.54) is 0 Å². The summed E-state index contributed by atoms with van der Waals surface area (Å²) < 4.78 is 10.1. The van der Waals surface area contributed by atoms with Crippen molar-refractivity contribution < 1.29 is 23.9 Å². The second-order valence-corrected chi connectivity index (χ2v) is 5.34. The number of hydrogen-bond acceptors (Lipinski definition) is 5. The summed E-state index contributed by atoms with van der Waals surface area (Å²) in [5.41, 5.74) is 0.878. The highest BCUT2D eigenvalue weighted by Crippen LogP contribution is 2.13. The van der Waals surface area contributed by atoms with E-state index in [0.717, 1.165) is 0 Å². The third-order valence-corrected chi connectivity index (χ3v) is 3.59. The van der Waals surface area contributed by atoms with Crippen molar-refractivity contribution in [2.45, 2.75) is 19.8 Å². The Morgan fingerprint density at radius 1 is 1.21 bits per heavy atom. The number of carbonyl (C=O) groups excluding carboxylic acids is 3. The maximum atomic E-state index is 12.0. The number of ether oxygens (including phenoxy) is 2. The maximum absolute atomic E-state index is 12.0. The molecule has 130 valence electrons. The Kier molecular flexibility index (Phi) is 6.74. The fraction of sp³-hybridized carbons (Fsp3) is 0.471. The van der Waals surface area contributed by atoms with Crippen LogP contribution in [0.2, 0.25) is 0 Å². The van der Waals surface area contributed by atoms with Crippen LogP contribution in [0.3, 0.4) is 0 Å². The van der Waals surface area contributed by atoms with Gasteiger partial charge in [0.1, 0.15) is 0 Å². The molecule has 0 atom stereocenters. The Morgan fingerprint density at radius 3 is 2.67 bits per heavy atom. The van der Waals surface area contributed by atoms with Gasteiger partial charge >= 0.3 is 5.97 Å². The Balaban J connectivity index is 1.82. The second kappa shape index (κ2) is 9.02. The van der Waals surface area contributed by atoms with Gasteiger partial charge in [-0.1, -0.05) is 6.07 Å². The number of amides is 2. The number of rotatable bonds is 6. The Labute approximate surface area is 140 Å². The second-order valence-electron chi connectivity index (χ2n) is 5.34. The molecule has 1 saturated heterocycles. The van der Waals surface area contributed by atoms with Gasteiger partial charge in [0.05, 0.1) is 25.4 Å². The fourth-order valence-electron chi connectivity index (χ4n) is 2.35. The molecule has 0 aliphatic carbocycles. The standard InChI is InChI=1S/C17H22N2O5/c1-2-24-17(22)13-4-3-5-14(12-13)18-15(20)6-7-16(21)19-8-10-23-11-9-19/h3-5,12H,2,6-11H2,1H3,(H,18,20). The SMILES string of the molecule is CCOC(=O)c1cccc(NC(=O)CCC(=O)N2CCOCC2)c1. The molecule has 0 aromatic heterocycles. The molecule has 1 fully saturated rings. The molecule has 0 bridgehead atoms. The van der Waals surface area contributed by atoms with E-state index in [1.807, 2.05) is 0 Å². The monoisotopic (exact) mass is 334 g/mol. The highest BCUT2D eigenvalue weighted by atomic mass is 16.5. The lowest BCUT2D eigenvalue weighted by molar-refractivity contribution is -0.136. The summed E-state index contributed by atoms with van der Waals surface area (Å²) in [5, 5.41) is 2.70. The van der Waals surface area contributed by atoms with Gasteiger partial charge in [-0.05, 0) is 25.1 Å². The normalized spacial score (nSPS) is 14.1. The lowest BCUT2D eigenvalue weighted by Gasteiger charge is -2.26. The number of hydrogen-bond donors (Lipinski definition) is 1. The first-order chi connectivity index (χ1) is 11.6. The largest absolute Gasteiger partial charge is 0.462 e. The van der Waals surface area contributed by atoms with E-state index < -0.39 is 5.97 Å². The minimum absolute atomic E-state index is 0.0475. The van der Waals surface area contributed by atoms with Crippen LogP contribution in [0.4, 0.5) is 5.69 Å². The Hall–Kier alpha value is -2.41. The van der Waals surface area contributed by atoms with Gasteiger partial charge in [0.2, 0.25) is 11.8 Å². The summed E-state index contributed by atoms with van der Waals surface area (Å²) in [4.78, 5) is 37.4. The van der Waals surface area contributed by atoms with Crippen molar-refractivity contribution in [2.75, 3.05) is 38.2 Å². The van der Waals surface area contributed by atoms with Gasteiger partial charge in [0.25, 0.3) is 0 Å². The van der Waals surface area contributed by atoms with E-state index in [4.69, 9.17) is 9.47 Å². The van der Waals surface area contributed by atoms with Crippen molar-refractivity contribution in [3.05, 3.63) is 29.8 Å². The minimum Gasteiger partial charge on any atom is -0.462 e. The van der Waals surface area contributed by atoms with Crippen LogP contribution >= 0.6 is 0 Å². The Morgan fingerprint density at radius 2 is 1.96 bits per heavy atom. The molecule has 1 aliphatic heterocycles. The molecule has 24 heavy (non-hydrogen) atoms. The van der Waals surface area contributed by atoms with Gasteiger partial charge in [0, 0.05) is 31.6 Å². The van der Waals surface area contributed by atoms with Crippen LogP contribution in [-0.4, -0.2) is 55.6 Å². The molecular formula is C17H22N2O5. The van der Waals surface area contributed by atoms with Crippen molar-refractivity contribution in [1.29, 1.82) is 0 Å². The van der Waals surface area contributed by atoms with Crippen LogP contribution in [0.5, 0.6) is 0 Å². The van der Waals surface area contributed by atoms with Crippen LogP contribution in [0, 0.1) is 0 Å². The molecule has 2 amide bonds. The quantitative estimate of drug-likeness (QED) is 0.796. The maximum Gasteiger partial charge on any atom is 0.338 e. The van der Waals surface area contributed by atoms with Crippen molar-refractivity contribution in [3.8, 4) is 0 Å². The predicted octanol–water partition coefficient (Wildman–Crippen LogP) is 1.44. The van der Waals surface area contributed by atoms with Crippen molar-refractivity contribution in [2.24, 2.45) is 0 Å². The highest BCUT2D eigenvalue weighted by molar-refractivity contribution is 5.95. The molecule has 7 nitrogen and oxygen atoms in total. The fourth-order valence-corrected chi connectivity index (χ4v) is 2.35. The Bertz CT molecular complexity index is 596. The van der Waals surface area contributed by atoms with E-state index in [2.05, 4.69) is 5.32 Å². The molecule has 1 heterocycles. The smallest absolute Gasteiger partial charge is 0.338 e. The minimum atomic E-state index is -0.434. The number of esters is 1. The van der Waals surface area contributed by atoms with E-state index in [1.54, 1.807) is 36.1 Å². The zero-order valence-electron chi connectivity index (χ0n) is 13.7. The zero-order valence-corrected chi connectivity index (χ0v) is 13.7. The van der Waals surface area contributed by atoms with Crippen molar-refractivity contribution >= 4 is 23.5 Å². The number of nitrogens with zero attached hydrogens (tertiary/aromatic N) is 1. The molecule has 0 spiro atoms. The number of morpholine rings is 1. The van der Waals surface area contributed by atoms with Crippen LogP contribution in [0.25, 0.3) is 0 Å². The summed E-state index contributed by atoms with van der Waals surface area (Å²) in [6.45, 7) is 4.25. The molecule has 2 rings (SSSR count). The van der Waals surface area contributed by atoms with E-state index in [9.17, 15) is 14.4 Å². The summed E-state index contributed by atoms with van der Waals surface area (Å²) >= 11 is 0. The number of carbonyl (C=O) groups is 3. The van der Waals surface area contributed by atoms with Crippen molar-refractivity contribution in [3.63, 3.8) is 0 Å². The number of benzene rings is 1. The van der Waals surface area contributed by atoms with E-state index >= 15 is 0 Å². The van der Waals surface area contributed by atoms with Gasteiger partial charge < -0.3 is 19.7 Å². The van der Waals surface area contributed by atoms with E-state index in [-0.39, 0.29) is 24.7 Å². The number of anilines is 1. The predicted molar refractivity (Wildman–Crippen MR) is 87.7 cm³/mol. The average Bonchev–Trinajstić information content (AvgIpc) is 2.61. The third-order valence-electron chi connectivity index (χ3n) is 3.59. The van der Waals surface area contributed by atoms with E-state index in [0.29, 0.717) is 44.2 Å². The molecular weight excluding hydrogens is 312 g/mol. The van der Waals surface area contributed by atoms with Gasteiger partial charge in [-0.2, -0.15) is 0 Å². The molecule has 0 unspecified atom stereocenters. The number of nitrogens with one attached hydrogen (secondary N) is 1. The lowest BCUT2D eigenvalue weighted by atomic mass is 10.2.